The summed E-state index contributed by atoms with van der Waals surface area (Å²) in [4.78, 5) is 6.88. The number of hydrogen-bond acceptors (Lipinski definition) is 4. The molecule has 0 bridgehead atoms. The van der Waals surface area contributed by atoms with Crippen LogP contribution >= 0.6 is 11.3 Å². The monoisotopic (exact) mass is 582 g/mol. The largest absolute Gasteiger partial charge is 0.452 e. The lowest BCUT2D eigenvalue weighted by atomic mass is 9.94. The number of benzene rings is 3. The molecule has 4 heteroatoms. The maximum atomic E-state index is 6.24. The summed E-state index contributed by atoms with van der Waals surface area (Å²) < 4.78 is 9.00. The first-order valence-electron chi connectivity index (χ1n) is 15.1. The van der Waals surface area contributed by atoms with Gasteiger partial charge in [0.15, 0.2) is 5.42 Å². The number of fused-ring (bicyclic) bond motifs is 6. The van der Waals surface area contributed by atoms with E-state index in [-0.39, 0.29) is 0 Å². The summed E-state index contributed by atoms with van der Waals surface area (Å²) in [5.41, 5.74) is 6.54. The highest BCUT2D eigenvalue weighted by Crippen LogP contribution is 2.39. The van der Waals surface area contributed by atoms with Crippen molar-refractivity contribution >= 4 is 53.7 Å². The summed E-state index contributed by atoms with van der Waals surface area (Å²) in [5, 5.41) is 4.71. The van der Waals surface area contributed by atoms with E-state index in [1.54, 1.807) is 0 Å². The van der Waals surface area contributed by atoms with Crippen LogP contribution in [0, 0.1) is 5.92 Å². The molecular formula is C39H38N2OS. The van der Waals surface area contributed by atoms with Crippen LogP contribution in [0.5, 0.6) is 0 Å². The SMILES string of the molecule is C=C/C(=C\C=C/C/C=C/C(C)CC/C(=C\C)c1cccc2c1sc1ccccc12)C1=c2oc3ccccc3c2=NCN1C. The third-order valence-corrected chi connectivity index (χ3v) is 9.44. The molecule has 0 spiro atoms. The summed E-state index contributed by atoms with van der Waals surface area (Å²) in [6, 6.07) is 23.6. The lowest BCUT2D eigenvalue weighted by Crippen LogP contribution is -2.37. The van der Waals surface area contributed by atoms with Crippen LogP contribution in [-0.2, 0) is 0 Å². The van der Waals surface area contributed by atoms with Crippen molar-refractivity contribution in [3.8, 4) is 0 Å². The van der Waals surface area contributed by atoms with Gasteiger partial charge < -0.3 is 9.32 Å². The van der Waals surface area contributed by atoms with Crippen LogP contribution in [0.2, 0.25) is 0 Å². The van der Waals surface area contributed by atoms with Gasteiger partial charge >= 0.3 is 0 Å². The van der Waals surface area contributed by atoms with E-state index in [9.17, 15) is 0 Å². The van der Waals surface area contributed by atoms with Gasteiger partial charge in [-0.25, -0.2) is 0 Å². The summed E-state index contributed by atoms with van der Waals surface area (Å²) in [6.07, 6.45) is 18.3. The van der Waals surface area contributed by atoms with Crippen LogP contribution in [0.4, 0.5) is 0 Å². The minimum Gasteiger partial charge on any atom is -0.452 e. The van der Waals surface area contributed by atoms with Gasteiger partial charge in [0, 0.05) is 38.2 Å². The molecule has 0 aliphatic carbocycles. The lowest BCUT2D eigenvalue weighted by Gasteiger charge is -2.22. The fraction of sp³-hybridized carbons (Fsp3) is 0.205. The smallest absolute Gasteiger partial charge is 0.177 e. The van der Waals surface area contributed by atoms with E-state index in [4.69, 9.17) is 9.41 Å². The van der Waals surface area contributed by atoms with Crippen molar-refractivity contribution in [3.63, 3.8) is 0 Å². The topological polar surface area (TPSA) is 28.7 Å². The average Bonchev–Trinajstić information content (AvgIpc) is 3.60. The number of hydrogen-bond donors (Lipinski definition) is 0. The molecule has 6 rings (SSSR count). The maximum Gasteiger partial charge on any atom is 0.177 e. The number of allylic oxidation sites excluding steroid dienone is 7. The quantitative estimate of drug-likeness (QED) is 0.121. The Morgan fingerprint density at radius 2 is 1.81 bits per heavy atom. The Morgan fingerprint density at radius 3 is 2.65 bits per heavy atom. The van der Waals surface area contributed by atoms with Crippen molar-refractivity contribution < 1.29 is 4.42 Å². The van der Waals surface area contributed by atoms with Crippen LogP contribution < -0.4 is 10.8 Å². The molecule has 3 nitrogen and oxygen atoms in total. The van der Waals surface area contributed by atoms with Crippen molar-refractivity contribution in [3.05, 3.63) is 138 Å². The molecule has 216 valence electrons. The van der Waals surface area contributed by atoms with Gasteiger partial charge in [-0.3, -0.25) is 4.99 Å². The Hall–Kier alpha value is -4.41. The van der Waals surface area contributed by atoms with E-state index in [0.29, 0.717) is 12.6 Å². The predicted molar refractivity (Wildman–Crippen MR) is 186 cm³/mol. The highest BCUT2D eigenvalue weighted by molar-refractivity contribution is 7.26. The fourth-order valence-corrected chi connectivity index (χ4v) is 7.17. The van der Waals surface area contributed by atoms with Gasteiger partial charge in [-0.15, -0.1) is 11.3 Å². The minimum absolute atomic E-state index is 0.505. The molecule has 0 radical (unpaired) electrons. The molecule has 0 fully saturated rings. The van der Waals surface area contributed by atoms with Gasteiger partial charge in [0.05, 0.1) is 5.70 Å². The first kappa shape index (κ1) is 28.7. The zero-order chi connectivity index (χ0) is 29.8. The molecule has 0 amide bonds. The fourth-order valence-electron chi connectivity index (χ4n) is 5.92. The molecule has 1 aliphatic rings. The van der Waals surface area contributed by atoms with Crippen LogP contribution in [0.3, 0.4) is 0 Å². The third kappa shape index (κ3) is 5.80. The number of likely N-dealkylation sites (N-methyl/N-ethyl adjacent to an activating group) is 1. The molecule has 1 unspecified atom stereocenters. The predicted octanol–water partition coefficient (Wildman–Crippen LogP) is 9.57. The Kier molecular flexibility index (Phi) is 8.57. The van der Waals surface area contributed by atoms with Gasteiger partial charge in [-0.1, -0.05) is 105 Å². The van der Waals surface area contributed by atoms with Gasteiger partial charge in [0.1, 0.15) is 17.6 Å². The van der Waals surface area contributed by atoms with Crippen LogP contribution in [0.25, 0.3) is 42.4 Å². The van der Waals surface area contributed by atoms with Crippen molar-refractivity contribution in [2.24, 2.45) is 10.9 Å². The molecule has 43 heavy (non-hydrogen) atoms. The van der Waals surface area contributed by atoms with E-state index in [0.717, 1.165) is 52.3 Å². The number of thiophene rings is 1. The zero-order valence-corrected chi connectivity index (χ0v) is 26.0. The van der Waals surface area contributed by atoms with Crippen LogP contribution in [0.1, 0.15) is 38.7 Å². The third-order valence-electron chi connectivity index (χ3n) is 8.22. The second kappa shape index (κ2) is 12.8. The van der Waals surface area contributed by atoms with E-state index in [1.807, 2.05) is 42.7 Å². The van der Waals surface area contributed by atoms with Crippen molar-refractivity contribution in [1.29, 1.82) is 0 Å². The molecular weight excluding hydrogens is 545 g/mol. The Labute approximate surface area is 257 Å². The van der Waals surface area contributed by atoms with Gasteiger partial charge in [0.25, 0.3) is 0 Å². The van der Waals surface area contributed by atoms with E-state index in [2.05, 4.69) is 110 Å². The standard InChI is InChI=1S/C39H38N2OS/c1-5-28(30-20-15-21-32-31-18-12-14-23-35(31)43-39(30)32)25-24-27(3)16-9-7-8-10-17-29(6-2)37-38-36(40-26-41(37)4)33-19-11-13-22-34(33)42-38/h5-6,8-23,27H,2,7,24-26H2,1,3-4H3/b10-8-,16-9+,28-5+,29-17+. The second-order valence-corrected chi connectivity index (χ2v) is 12.2. The Balaban J connectivity index is 1.10. The number of furan rings is 1. The van der Waals surface area contributed by atoms with Gasteiger partial charge in [-0.2, -0.15) is 0 Å². The summed E-state index contributed by atoms with van der Waals surface area (Å²) in [7, 11) is 2.04. The molecule has 3 aromatic carbocycles. The summed E-state index contributed by atoms with van der Waals surface area (Å²) in [5.74, 6) is 0.505. The highest BCUT2D eigenvalue weighted by atomic mass is 32.1. The molecule has 0 saturated heterocycles. The van der Waals surface area contributed by atoms with Crippen molar-refractivity contribution in [2.75, 3.05) is 13.7 Å². The van der Waals surface area contributed by atoms with E-state index >= 15 is 0 Å². The van der Waals surface area contributed by atoms with E-state index < -0.39 is 0 Å². The number of para-hydroxylation sites is 1. The van der Waals surface area contributed by atoms with Crippen LogP contribution in [0.15, 0.2) is 131 Å². The normalized spacial score (nSPS) is 15.2. The number of nitrogens with zero attached hydrogens (tertiary/aromatic N) is 2. The van der Waals surface area contributed by atoms with Crippen molar-refractivity contribution in [1.82, 2.24) is 4.90 Å². The molecule has 1 atom stereocenters. The molecule has 0 N–H and O–H groups in total. The molecule has 0 saturated carbocycles. The zero-order valence-electron chi connectivity index (χ0n) is 25.2. The molecule has 2 aromatic heterocycles. The Morgan fingerprint density at radius 1 is 1.02 bits per heavy atom. The van der Waals surface area contributed by atoms with Gasteiger partial charge in [-0.05, 0) is 61.4 Å². The Bertz CT molecular complexity index is 2050. The first-order valence-corrected chi connectivity index (χ1v) is 15.9. The molecule has 1 aliphatic heterocycles. The summed E-state index contributed by atoms with van der Waals surface area (Å²) in [6.45, 7) is 9.17. The maximum absolute atomic E-state index is 6.24. The highest BCUT2D eigenvalue weighted by Gasteiger charge is 2.18. The van der Waals surface area contributed by atoms with E-state index in [1.165, 1.54) is 31.3 Å². The van der Waals surface area contributed by atoms with Gasteiger partial charge in [0.2, 0.25) is 0 Å². The first-order chi connectivity index (χ1) is 21.1. The number of rotatable bonds is 10. The summed E-state index contributed by atoms with van der Waals surface area (Å²) >= 11 is 1.91. The second-order valence-electron chi connectivity index (χ2n) is 11.2. The molecule has 3 heterocycles. The van der Waals surface area contributed by atoms with Crippen molar-refractivity contribution in [2.45, 2.75) is 33.1 Å². The molecule has 5 aromatic rings. The average molecular weight is 583 g/mol. The lowest BCUT2D eigenvalue weighted by molar-refractivity contribution is 0.449. The van der Waals surface area contributed by atoms with Crippen LogP contribution in [-0.4, -0.2) is 18.6 Å². The minimum atomic E-state index is 0.505.